The third kappa shape index (κ3) is 2.58. The number of para-hydroxylation sites is 3. The zero-order valence-corrected chi connectivity index (χ0v) is 19.3. The molecule has 7 aromatic rings. The van der Waals surface area contributed by atoms with Gasteiger partial charge in [-0.15, -0.1) is 0 Å². The summed E-state index contributed by atoms with van der Waals surface area (Å²) < 4.78 is 2.37. The maximum Gasteiger partial charge on any atom is 0.164 e. The fourth-order valence-corrected chi connectivity index (χ4v) is 5.73. The van der Waals surface area contributed by atoms with Crippen molar-refractivity contribution in [2.24, 2.45) is 0 Å². The lowest BCUT2D eigenvalue weighted by Gasteiger charge is -2.31. The Labute approximate surface area is 207 Å². The van der Waals surface area contributed by atoms with E-state index in [0.29, 0.717) is 0 Å². The lowest BCUT2D eigenvalue weighted by atomic mass is 9.94. The molecule has 8 rings (SSSR count). The van der Waals surface area contributed by atoms with E-state index in [1.54, 1.807) is 12.4 Å². The van der Waals surface area contributed by atoms with Gasteiger partial charge in [-0.2, -0.15) is 0 Å². The predicted octanol–water partition coefficient (Wildman–Crippen LogP) is 8.18. The lowest BCUT2D eigenvalue weighted by molar-refractivity contribution is 1.12. The van der Waals surface area contributed by atoms with Gasteiger partial charge >= 0.3 is 0 Å². The number of rotatable bonds is 2. The van der Waals surface area contributed by atoms with Gasteiger partial charge in [0.1, 0.15) is 5.69 Å². The summed E-state index contributed by atoms with van der Waals surface area (Å²) >= 11 is 0. The zero-order chi connectivity index (χ0) is 23.6. The molecule has 0 unspecified atom stereocenters. The van der Waals surface area contributed by atoms with Crippen molar-refractivity contribution in [1.29, 1.82) is 0 Å². The van der Waals surface area contributed by atoms with E-state index < -0.39 is 0 Å². The first-order chi connectivity index (χ1) is 17.9. The number of nitrogens with zero attached hydrogens (tertiary/aromatic N) is 4. The minimum atomic E-state index is 0.850. The monoisotopic (exact) mass is 460 g/mol. The van der Waals surface area contributed by atoms with Crippen LogP contribution in [0.5, 0.6) is 0 Å². The van der Waals surface area contributed by atoms with E-state index in [9.17, 15) is 0 Å². The summed E-state index contributed by atoms with van der Waals surface area (Å²) in [4.78, 5) is 11.9. The van der Waals surface area contributed by atoms with Crippen LogP contribution >= 0.6 is 0 Å². The number of anilines is 3. The number of fused-ring (bicyclic) bond motifs is 5. The van der Waals surface area contributed by atoms with Crippen LogP contribution in [0.1, 0.15) is 0 Å². The van der Waals surface area contributed by atoms with Crippen molar-refractivity contribution in [1.82, 2.24) is 14.5 Å². The first kappa shape index (κ1) is 19.4. The minimum Gasteiger partial charge on any atom is -0.309 e. The topological polar surface area (TPSA) is 34.0 Å². The highest BCUT2D eigenvalue weighted by atomic mass is 15.2. The van der Waals surface area contributed by atoms with Crippen LogP contribution in [0.2, 0.25) is 0 Å². The molecule has 5 aromatic carbocycles. The molecule has 0 radical (unpaired) electrons. The Kier molecular flexibility index (Phi) is 3.91. The third-order valence-electron chi connectivity index (χ3n) is 7.18. The Bertz CT molecular complexity index is 1900. The van der Waals surface area contributed by atoms with E-state index in [1.165, 1.54) is 32.6 Å². The van der Waals surface area contributed by atoms with Gasteiger partial charge in [0, 0.05) is 45.5 Å². The van der Waals surface area contributed by atoms with Crippen LogP contribution in [-0.2, 0) is 0 Å². The molecule has 4 nitrogen and oxygen atoms in total. The standard InChI is InChI=1S/C32H20N4/c1-2-10-22(11-3-1)36-29-16-8-9-21-19-23(20-26(30(21)29)31-32(36)34-18-17-33-31)35-27-14-6-4-12-24(27)25-13-5-7-15-28(25)35/h1-20H. The number of hydrogen-bond acceptors (Lipinski definition) is 3. The van der Waals surface area contributed by atoms with Gasteiger partial charge in [0.15, 0.2) is 5.82 Å². The van der Waals surface area contributed by atoms with Crippen molar-refractivity contribution in [3.8, 4) is 16.9 Å². The highest BCUT2D eigenvalue weighted by Crippen LogP contribution is 2.50. The molecule has 36 heavy (non-hydrogen) atoms. The van der Waals surface area contributed by atoms with Gasteiger partial charge in [0.2, 0.25) is 0 Å². The molecular weight excluding hydrogens is 440 g/mol. The van der Waals surface area contributed by atoms with Gasteiger partial charge in [0.25, 0.3) is 0 Å². The Morgan fingerprint density at radius 3 is 2.03 bits per heavy atom. The molecule has 1 aliphatic heterocycles. The largest absolute Gasteiger partial charge is 0.309 e. The second-order valence-corrected chi connectivity index (χ2v) is 9.14. The molecule has 0 fully saturated rings. The van der Waals surface area contributed by atoms with E-state index in [1.807, 2.05) is 6.07 Å². The second-order valence-electron chi connectivity index (χ2n) is 9.14. The van der Waals surface area contributed by atoms with Crippen molar-refractivity contribution in [3.05, 3.63) is 122 Å². The highest BCUT2D eigenvalue weighted by molar-refractivity contribution is 6.14. The molecule has 168 valence electrons. The van der Waals surface area contributed by atoms with Gasteiger partial charge < -0.3 is 4.57 Å². The van der Waals surface area contributed by atoms with E-state index >= 15 is 0 Å². The van der Waals surface area contributed by atoms with Crippen LogP contribution in [-0.4, -0.2) is 14.5 Å². The smallest absolute Gasteiger partial charge is 0.164 e. The first-order valence-corrected chi connectivity index (χ1v) is 12.1. The number of benzene rings is 5. The number of aromatic nitrogens is 3. The molecule has 0 saturated carbocycles. The Morgan fingerprint density at radius 1 is 0.556 bits per heavy atom. The Balaban J connectivity index is 1.49. The molecule has 2 aromatic heterocycles. The fraction of sp³-hybridized carbons (Fsp3) is 0. The van der Waals surface area contributed by atoms with Gasteiger partial charge in [-0.05, 0) is 47.9 Å². The average molecular weight is 461 g/mol. The molecule has 0 aliphatic carbocycles. The minimum absolute atomic E-state index is 0.850. The molecule has 0 spiro atoms. The summed E-state index contributed by atoms with van der Waals surface area (Å²) in [6.07, 6.45) is 3.56. The maximum absolute atomic E-state index is 4.85. The summed E-state index contributed by atoms with van der Waals surface area (Å²) in [7, 11) is 0. The SMILES string of the molecule is c1ccc(N2c3nccnc3-c3cc(-n4c5ccccc5c5ccccc54)cc4cccc2c34)cc1. The maximum atomic E-state index is 4.85. The molecular formula is C32H20N4. The van der Waals surface area contributed by atoms with Crippen molar-refractivity contribution < 1.29 is 0 Å². The second kappa shape index (κ2) is 7.27. The van der Waals surface area contributed by atoms with Gasteiger partial charge in [0.05, 0.1) is 16.7 Å². The van der Waals surface area contributed by atoms with Crippen LogP contribution in [0.4, 0.5) is 17.2 Å². The molecule has 1 aliphatic rings. The predicted molar refractivity (Wildman–Crippen MR) is 148 cm³/mol. The third-order valence-corrected chi connectivity index (χ3v) is 7.18. The summed E-state index contributed by atoms with van der Waals surface area (Å²) in [5.74, 6) is 0.850. The lowest BCUT2D eigenvalue weighted by Crippen LogP contribution is -2.17. The molecule has 0 bridgehead atoms. The van der Waals surface area contributed by atoms with Gasteiger partial charge in [-0.3, -0.25) is 9.88 Å². The van der Waals surface area contributed by atoms with Crippen molar-refractivity contribution >= 4 is 49.8 Å². The van der Waals surface area contributed by atoms with Crippen LogP contribution in [0, 0.1) is 0 Å². The van der Waals surface area contributed by atoms with Crippen LogP contribution < -0.4 is 4.90 Å². The van der Waals surface area contributed by atoms with Gasteiger partial charge in [-0.1, -0.05) is 66.7 Å². The molecule has 0 amide bonds. The molecule has 0 atom stereocenters. The molecule has 0 saturated heterocycles. The van der Waals surface area contributed by atoms with Crippen LogP contribution in [0.15, 0.2) is 122 Å². The molecule has 0 N–H and O–H groups in total. The Morgan fingerprint density at radius 2 is 1.25 bits per heavy atom. The summed E-state index contributed by atoms with van der Waals surface area (Å²) in [6, 6.07) is 38.7. The van der Waals surface area contributed by atoms with Crippen molar-refractivity contribution in [2.45, 2.75) is 0 Å². The summed E-state index contributed by atoms with van der Waals surface area (Å²) in [5, 5.41) is 4.88. The molecule has 3 heterocycles. The Hall–Kier alpha value is -4.96. The summed E-state index contributed by atoms with van der Waals surface area (Å²) in [5.41, 5.74) is 7.71. The van der Waals surface area contributed by atoms with E-state index in [-0.39, 0.29) is 0 Å². The van der Waals surface area contributed by atoms with E-state index in [4.69, 9.17) is 9.97 Å². The fourth-order valence-electron chi connectivity index (χ4n) is 5.73. The normalized spacial score (nSPS) is 12.4. The average Bonchev–Trinajstić information content (AvgIpc) is 3.28. The number of hydrogen-bond donors (Lipinski definition) is 0. The first-order valence-electron chi connectivity index (χ1n) is 12.1. The quantitative estimate of drug-likeness (QED) is 0.261. The van der Waals surface area contributed by atoms with Crippen molar-refractivity contribution in [3.63, 3.8) is 0 Å². The van der Waals surface area contributed by atoms with Gasteiger partial charge in [-0.25, -0.2) is 4.98 Å². The highest BCUT2D eigenvalue weighted by Gasteiger charge is 2.28. The van der Waals surface area contributed by atoms with E-state index in [2.05, 4.69) is 113 Å². The van der Waals surface area contributed by atoms with Crippen molar-refractivity contribution in [2.75, 3.05) is 4.90 Å². The zero-order valence-electron chi connectivity index (χ0n) is 19.3. The summed E-state index contributed by atoms with van der Waals surface area (Å²) in [6.45, 7) is 0. The van der Waals surface area contributed by atoms with E-state index in [0.717, 1.165) is 34.1 Å². The van der Waals surface area contributed by atoms with Crippen LogP contribution in [0.25, 0.3) is 49.5 Å². The molecule has 4 heteroatoms. The van der Waals surface area contributed by atoms with Crippen LogP contribution in [0.3, 0.4) is 0 Å².